The summed E-state index contributed by atoms with van der Waals surface area (Å²) in [5, 5.41) is 9.73. The van der Waals surface area contributed by atoms with Crippen LogP contribution >= 0.6 is 11.3 Å². The van der Waals surface area contributed by atoms with E-state index in [1.54, 1.807) is 0 Å². The van der Waals surface area contributed by atoms with Gasteiger partial charge in [-0.05, 0) is 6.07 Å². The number of hydrogen-bond acceptors (Lipinski definition) is 3. The van der Waals surface area contributed by atoms with E-state index in [-0.39, 0.29) is 9.77 Å². The lowest BCUT2D eigenvalue weighted by Gasteiger charge is -1.83. The summed E-state index contributed by atoms with van der Waals surface area (Å²) in [5.74, 6) is -1.09. The van der Waals surface area contributed by atoms with Gasteiger partial charge in [-0.2, -0.15) is 0 Å². The fourth-order valence-electron chi connectivity index (χ4n) is 0.520. The first-order chi connectivity index (χ1) is 5.11. The highest BCUT2D eigenvalue weighted by atomic mass is 32.2. The molecule has 0 amide bonds. The Morgan fingerprint density at radius 2 is 2.27 bits per heavy atom. The monoisotopic (exact) mass is 192 g/mol. The highest BCUT2D eigenvalue weighted by molar-refractivity contribution is 7.81. The van der Waals surface area contributed by atoms with E-state index in [1.165, 1.54) is 11.4 Å². The van der Waals surface area contributed by atoms with Crippen LogP contribution in [-0.4, -0.2) is 19.8 Å². The SMILES string of the molecule is O=C(O)c1csc(S(=O)O)c1. The van der Waals surface area contributed by atoms with Crippen LogP contribution in [0.2, 0.25) is 0 Å². The summed E-state index contributed by atoms with van der Waals surface area (Å²) >= 11 is -1.11. The van der Waals surface area contributed by atoms with Crippen LogP contribution in [0, 0.1) is 0 Å². The van der Waals surface area contributed by atoms with Crippen LogP contribution in [0.1, 0.15) is 10.4 Å². The molecule has 6 heteroatoms. The first-order valence-corrected chi connectivity index (χ1v) is 4.52. The molecule has 11 heavy (non-hydrogen) atoms. The van der Waals surface area contributed by atoms with E-state index in [1.807, 2.05) is 0 Å². The number of thiophene rings is 1. The standard InChI is InChI=1S/C5H4O4S2/c6-5(7)3-1-4(10-2-3)11(8)9/h1-2H,(H,6,7)(H,8,9). The number of carbonyl (C=O) groups is 1. The molecule has 0 bridgehead atoms. The molecule has 1 atom stereocenters. The molecule has 1 aromatic rings. The van der Waals surface area contributed by atoms with Gasteiger partial charge in [0.15, 0.2) is 11.1 Å². The van der Waals surface area contributed by atoms with Crippen molar-refractivity contribution in [3.63, 3.8) is 0 Å². The summed E-state index contributed by atoms with van der Waals surface area (Å²) in [4.78, 5) is 10.3. The van der Waals surface area contributed by atoms with Crippen LogP contribution < -0.4 is 0 Å². The Kier molecular flexibility index (Phi) is 2.38. The molecule has 0 spiro atoms. The molecular weight excluding hydrogens is 188 g/mol. The average molecular weight is 192 g/mol. The zero-order valence-electron chi connectivity index (χ0n) is 5.18. The Hall–Kier alpha value is -0.720. The molecule has 1 aromatic heterocycles. The molecule has 0 aliphatic rings. The second-order valence-corrected chi connectivity index (χ2v) is 3.82. The van der Waals surface area contributed by atoms with Gasteiger partial charge in [0.1, 0.15) is 4.21 Å². The van der Waals surface area contributed by atoms with Crippen LogP contribution in [0.25, 0.3) is 0 Å². The van der Waals surface area contributed by atoms with Crippen LogP contribution in [0.4, 0.5) is 0 Å². The minimum atomic E-state index is -2.07. The largest absolute Gasteiger partial charge is 0.478 e. The molecule has 60 valence electrons. The lowest BCUT2D eigenvalue weighted by molar-refractivity contribution is 0.0697. The molecule has 0 aromatic carbocycles. The van der Waals surface area contributed by atoms with E-state index in [4.69, 9.17) is 9.66 Å². The van der Waals surface area contributed by atoms with E-state index in [0.29, 0.717) is 0 Å². The molecule has 1 heterocycles. The van der Waals surface area contributed by atoms with Crippen molar-refractivity contribution in [3.05, 3.63) is 17.0 Å². The van der Waals surface area contributed by atoms with Crippen LogP contribution in [0.5, 0.6) is 0 Å². The number of rotatable bonds is 2. The zero-order chi connectivity index (χ0) is 8.43. The Bertz CT molecular complexity index is 275. The van der Waals surface area contributed by atoms with Gasteiger partial charge in [-0.15, -0.1) is 11.3 Å². The number of carboxylic acid groups (broad SMARTS) is 1. The van der Waals surface area contributed by atoms with Gasteiger partial charge < -0.3 is 9.66 Å². The van der Waals surface area contributed by atoms with Crippen molar-refractivity contribution >= 4 is 28.4 Å². The van der Waals surface area contributed by atoms with Gasteiger partial charge in [-0.1, -0.05) is 0 Å². The summed E-state index contributed by atoms with van der Waals surface area (Å²) in [6.45, 7) is 0. The quantitative estimate of drug-likeness (QED) is 0.686. The highest BCUT2D eigenvalue weighted by Crippen LogP contribution is 2.17. The fourth-order valence-corrected chi connectivity index (χ4v) is 1.83. The van der Waals surface area contributed by atoms with Gasteiger partial charge in [0.05, 0.1) is 5.56 Å². The topological polar surface area (TPSA) is 74.6 Å². The van der Waals surface area contributed by atoms with Crippen molar-refractivity contribution < 1.29 is 18.7 Å². The molecule has 0 radical (unpaired) electrons. The summed E-state index contributed by atoms with van der Waals surface area (Å²) in [6, 6.07) is 1.18. The van der Waals surface area contributed by atoms with E-state index >= 15 is 0 Å². The van der Waals surface area contributed by atoms with Crippen molar-refractivity contribution in [1.82, 2.24) is 0 Å². The lowest BCUT2D eigenvalue weighted by atomic mass is 10.4. The zero-order valence-corrected chi connectivity index (χ0v) is 6.82. The van der Waals surface area contributed by atoms with Gasteiger partial charge in [-0.3, -0.25) is 0 Å². The Morgan fingerprint density at radius 1 is 1.64 bits per heavy atom. The van der Waals surface area contributed by atoms with Gasteiger partial charge in [0, 0.05) is 5.38 Å². The predicted octanol–water partition coefficient (Wildman–Crippen LogP) is 1.03. The van der Waals surface area contributed by atoms with Crippen molar-refractivity contribution in [3.8, 4) is 0 Å². The summed E-state index contributed by atoms with van der Waals surface area (Å²) in [7, 11) is 0. The number of aromatic carboxylic acids is 1. The van der Waals surface area contributed by atoms with Crippen molar-refractivity contribution in [2.24, 2.45) is 0 Å². The van der Waals surface area contributed by atoms with Crippen LogP contribution in [0.3, 0.4) is 0 Å². The molecule has 0 aliphatic carbocycles. The molecular formula is C5H4O4S2. The van der Waals surface area contributed by atoms with E-state index in [9.17, 15) is 9.00 Å². The third-order valence-corrected chi connectivity index (χ3v) is 2.89. The maximum atomic E-state index is 10.4. The molecule has 0 saturated heterocycles. The summed E-state index contributed by atoms with van der Waals surface area (Å²) in [6.07, 6.45) is 0. The van der Waals surface area contributed by atoms with Crippen LogP contribution in [-0.2, 0) is 11.1 Å². The average Bonchev–Trinajstić information content (AvgIpc) is 2.33. The Morgan fingerprint density at radius 3 is 2.55 bits per heavy atom. The normalized spacial score (nSPS) is 12.8. The van der Waals surface area contributed by atoms with Gasteiger partial charge >= 0.3 is 5.97 Å². The predicted molar refractivity (Wildman–Crippen MR) is 40.3 cm³/mol. The van der Waals surface area contributed by atoms with E-state index in [2.05, 4.69) is 0 Å². The molecule has 0 fully saturated rings. The molecule has 4 nitrogen and oxygen atoms in total. The maximum Gasteiger partial charge on any atom is 0.336 e. The third kappa shape index (κ3) is 1.86. The molecule has 1 rings (SSSR count). The molecule has 1 unspecified atom stereocenters. The summed E-state index contributed by atoms with van der Waals surface area (Å²) < 4.78 is 19.0. The third-order valence-electron chi connectivity index (χ3n) is 0.994. The highest BCUT2D eigenvalue weighted by Gasteiger charge is 2.08. The minimum Gasteiger partial charge on any atom is -0.478 e. The van der Waals surface area contributed by atoms with Gasteiger partial charge in [-0.25, -0.2) is 9.00 Å². The first kappa shape index (κ1) is 8.38. The van der Waals surface area contributed by atoms with Gasteiger partial charge in [0.2, 0.25) is 0 Å². The number of carboxylic acids is 1. The second kappa shape index (κ2) is 3.12. The van der Waals surface area contributed by atoms with E-state index < -0.39 is 17.0 Å². The first-order valence-electron chi connectivity index (χ1n) is 2.54. The molecule has 0 aliphatic heterocycles. The molecule has 2 N–H and O–H groups in total. The van der Waals surface area contributed by atoms with Crippen LogP contribution in [0.15, 0.2) is 15.7 Å². The smallest absolute Gasteiger partial charge is 0.336 e. The second-order valence-electron chi connectivity index (χ2n) is 1.71. The fraction of sp³-hybridized carbons (Fsp3) is 0. The van der Waals surface area contributed by atoms with Crippen molar-refractivity contribution in [2.45, 2.75) is 4.21 Å². The maximum absolute atomic E-state index is 10.4. The number of hydrogen-bond donors (Lipinski definition) is 2. The Balaban J connectivity index is 2.99. The van der Waals surface area contributed by atoms with Crippen molar-refractivity contribution in [2.75, 3.05) is 0 Å². The molecule has 0 saturated carbocycles. The van der Waals surface area contributed by atoms with E-state index in [0.717, 1.165) is 11.3 Å². The minimum absolute atomic E-state index is 0.0485. The van der Waals surface area contributed by atoms with Gasteiger partial charge in [0.25, 0.3) is 0 Å². The summed E-state index contributed by atoms with van der Waals surface area (Å²) in [5.41, 5.74) is 0.0485. The Labute approximate surface area is 68.8 Å². The lowest BCUT2D eigenvalue weighted by Crippen LogP contribution is -1.92. The van der Waals surface area contributed by atoms with Crippen molar-refractivity contribution in [1.29, 1.82) is 0 Å².